The van der Waals surface area contributed by atoms with Gasteiger partial charge in [0.05, 0.1) is 30.6 Å². The average molecular weight is 392 g/mol. The number of aromatic nitrogens is 1. The summed E-state index contributed by atoms with van der Waals surface area (Å²) in [5.74, 6) is 0. The minimum Gasteiger partial charge on any atom is -0.379 e. The average Bonchev–Trinajstić information content (AvgIpc) is 2.73. The number of morpholine rings is 1. The van der Waals surface area contributed by atoms with Crippen molar-refractivity contribution in [3.8, 4) is 0 Å². The zero-order chi connectivity index (χ0) is 18.9. The fourth-order valence-electron chi connectivity index (χ4n) is 3.70. The van der Waals surface area contributed by atoms with Crippen LogP contribution in [0, 0.1) is 0 Å². The summed E-state index contributed by atoms with van der Waals surface area (Å²) in [7, 11) is 0. The van der Waals surface area contributed by atoms with E-state index in [2.05, 4.69) is 44.1 Å². The molecule has 0 aromatic carbocycles. The molecule has 1 aromatic heterocycles. The number of piperazine rings is 1. The van der Waals surface area contributed by atoms with E-state index in [1.807, 2.05) is 12.3 Å². The molecule has 1 N–H and O–H groups in total. The highest BCUT2D eigenvalue weighted by molar-refractivity contribution is 7.80. The van der Waals surface area contributed by atoms with Crippen LogP contribution in [0.25, 0.3) is 0 Å². The Morgan fingerprint density at radius 2 is 1.93 bits per heavy atom. The van der Waals surface area contributed by atoms with Gasteiger partial charge in [0.1, 0.15) is 6.04 Å². The van der Waals surface area contributed by atoms with Gasteiger partial charge in [0.2, 0.25) is 0 Å². The molecule has 0 saturated carbocycles. The number of hydrogen-bond acceptors (Lipinski definition) is 6. The van der Waals surface area contributed by atoms with Crippen LogP contribution >= 0.6 is 12.2 Å². The Morgan fingerprint density at radius 3 is 2.59 bits per heavy atom. The summed E-state index contributed by atoms with van der Waals surface area (Å²) >= 11 is 5.84. The van der Waals surface area contributed by atoms with E-state index < -0.39 is 0 Å². The van der Waals surface area contributed by atoms with Crippen LogP contribution < -0.4 is 5.32 Å². The molecule has 1 unspecified atom stereocenters. The van der Waals surface area contributed by atoms with Crippen LogP contribution in [0.5, 0.6) is 0 Å². The molecule has 1 aromatic rings. The lowest BCUT2D eigenvalue weighted by molar-refractivity contribution is 0.0363. The number of unbranched alkanes of at least 4 members (excludes halogenated alkanes) is 1. The maximum Gasteiger partial charge on any atom is 0.103 e. The molecule has 0 bridgehead atoms. The van der Waals surface area contributed by atoms with E-state index >= 15 is 0 Å². The molecule has 0 aliphatic carbocycles. The van der Waals surface area contributed by atoms with Crippen LogP contribution in [0.15, 0.2) is 24.4 Å². The lowest BCUT2D eigenvalue weighted by Crippen LogP contribution is -2.52. The molecule has 2 aliphatic heterocycles. The van der Waals surface area contributed by atoms with E-state index in [0.717, 1.165) is 69.8 Å². The second-order valence-electron chi connectivity index (χ2n) is 7.32. The molecule has 3 heterocycles. The molecular weight excluding hydrogens is 358 g/mol. The number of hydrogen-bond donors (Lipinski definition) is 1. The standard InChI is InChI=1S/C20H33N5OS/c1-2-3-8-23-9-11-25(12-10-23)19(18-6-4-5-7-21-18)20(27)22-17-24-13-15-26-16-14-24/h4-7,19H,2-3,8-17H2,1H3,(H,22,27). The minimum absolute atomic E-state index is 0.0514. The monoisotopic (exact) mass is 391 g/mol. The molecule has 150 valence electrons. The highest BCUT2D eigenvalue weighted by Gasteiger charge is 2.29. The molecule has 27 heavy (non-hydrogen) atoms. The summed E-state index contributed by atoms with van der Waals surface area (Å²) in [5.41, 5.74) is 1.04. The van der Waals surface area contributed by atoms with Gasteiger partial charge >= 0.3 is 0 Å². The molecule has 0 spiro atoms. The number of thiocarbonyl (C=S) groups is 1. The van der Waals surface area contributed by atoms with E-state index in [-0.39, 0.29) is 6.04 Å². The molecule has 2 aliphatic rings. The van der Waals surface area contributed by atoms with Crippen molar-refractivity contribution in [3.63, 3.8) is 0 Å². The Balaban J connectivity index is 1.60. The van der Waals surface area contributed by atoms with Crippen molar-refractivity contribution in [3.05, 3.63) is 30.1 Å². The summed E-state index contributed by atoms with van der Waals surface area (Å²) in [5, 5.41) is 3.50. The highest BCUT2D eigenvalue weighted by atomic mass is 32.1. The maximum absolute atomic E-state index is 5.84. The van der Waals surface area contributed by atoms with Crippen molar-refractivity contribution in [1.82, 2.24) is 25.0 Å². The zero-order valence-corrected chi connectivity index (χ0v) is 17.3. The van der Waals surface area contributed by atoms with Gasteiger partial charge in [0, 0.05) is 45.5 Å². The molecule has 6 nitrogen and oxygen atoms in total. The van der Waals surface area contributed by atoms with Gasteiger partial charge in [-0.25, -0.2) is 0 Å². The number of nitrogens with zero attached hydrogens (tertiary/aromatic N) is 4. The van der Waals surface area contributed by atoms with Crippen LogP contribution in [-0.4, -0.2) is 90.4 Å². The predicted octanol–water partition coefficient (Wildman–Crippen LogP) is 1.75. The molecule has 0 amide bonds. The first-order valence-electron chi connectivity index (χ1n) is 10.2. The Morgan fingerprint density at radius 1 is 1.15 bits per heavy atom. The second-order valence-corrected chi connectivity index (χ2v) is 7.76. The molecule has 7 heteroatoms. The largest absolute Gasteiger partial charge is 0.379 e. The molecule has 0 radical (unpaired) electrons. The number of ether oxygens (including phenoxy) is 1. The number of rotatable bonds is 8. The quantitative estimate of drug-likeness (QED) is 0.677. The van der Waals surface area contributed by atoms with Crippen molar-refractivity contribution >= 4 is 17.2 Å². The summed E-state index contributed by atoms with van der Waals surface area (Å²) < 4.78 is 5.43. The summed E-state index contributed by atoms with van der Waals surface area (Å²) in [4.78, 5) is 12.9. The minimum atomic E-state index is 0.0514. The van der Waals surface area contributed by atoms with Crippen molar-refractivity contribution in [1.29, 1.82) is 0 Å². The lowest BCUT2D eigenvalue weighted by Gasteiger charge is -2.39. The molecule has 1 atom stereocenters. The Hall–Kier alpha value is -1.12. The Bertz CT molecular complexity index is 559. The molecular formula is C20H33N5OS. The first-order valence-corrected chi connectivity index (χ1v) is 10.6. The first-order chi connectivity index (χ1) is 13.3. The van der Waals surface area contributed by atoms with Gasteiger partial charge in [-0.1, -0.05) is 31.6 Å². The highest BCUT2D eigenvalue weighted by Crippen LogP contribution is 2.22. The van der Waals surface area contributed by atoms with Crippen molar-refractivity contribution in [2.45, 2.75) is 25.8 Å². The van der Waals surface area contributed by atoms with E-state index in [1.165, 1.54) is 19.4 Å². The second kappa shape index (κ2) is 11.0. The zero-order valence-electron chi connectivity index (χ0n) is 16.5. The third-order valence-electron chi connectivity index (χ3n) is 5.40. The third kappa shape index (κ3) is 6.19. The van der Waals surface area contributed by atoms with Gasteiger partial charge in [-0.2, -0.15) is 0 Å². The third-order valence-corrected chi connectivity index (χ3v) is 5.76. The van der Waals surface area contributed by atoms with Crippen LogP contribution in [-0.2, 0) is 4.74 Å². The number of nitrogens with one attached hydrogen (secondary N) is 1. The van der Waals surface area contributed by atoms with E-state index in [9.17, 15) is 0 Å². The normalized spacial score (nSPS) is 21.1. The first kappa shape index (κ1) is 20.6. The maximum atomic E-state index is 5.84. The van der Waals surface area contributed by atoms with Gasteiger partial charge in [0.25, 0.3) is 0 Å². The smallest absolute Gasteiger partial charge is 0.103 e. The lowest BCUT2D eigenvalue weighted by atomic mass is 10.1. The van der Waals surface area contributed by atoms with Crippen LogP contribution in [0.4, 0.5) is 0 Å². The van der Waals surface area contributed by atoms with Gasteiger partial charge in [-0.05, 0) is 25.1 Å². The van der Waals surface area contributed by atoms with Gasteiger partial charge < -0.3 is 15.0 Å². The predicted molar refractivity (Wildman–Crippen MR) is 113 cm³/mol. The van der Waals surface area contributed by atoms with Gasteiger partial charge in [-0.3, -0.25) is 14.8 Å². The molecule has 2 fully saturated rings. The van der Waals surface area contributed by atoms with Crippen molar-refractivity contribution in [2.24, 2.45) is 0 Å². The number of pyridine rings is 1. The van der Waals surface area contributed by atoms with Crippen LogP contribution in [0.2, 0.25) is 0 Å². The van der Waals surface area contributed by atoms with Gasteiger partial charge in [0.15, 0.2) is 0 Å². The summed E-state index contributed by atoms with van der Waals surface area (Å²) in [6.07, 6.45) is 4.40. The van der Waals surface area contributed by atoms with Crippen molar-refractivity contribution in [2.75, 3.05) is 65.7 Å². The van der Waals surface area contributed by atoms with Crippen LogP contribution in [0.3, 0.4) is 0 Å². The SMILES string of the molecule is CCCCN1CCN(C(C(=S)NCN2CCOCC2)c2ccccn2)CC1. The molecule has 3 rings (SSSR count). The summed E-state index contributed by atoms with van der Waals surface area (Å²) in [6.45, 7) is 12.0. The van der Waals surface area contributed by atoms with Gasteiger partial charge in [-0.15, -0.1) is 0 Å². The summed E-state index contributed by atoms with van der Waals surface area (Å²) in [6, 6.07) is 6.16. The van der Waals surface area contributed by atoms with E-state index in [4.69, 9.17) is 17.0 Å². The topological polar surface area (TPSA) is 43.9 Å². The fraction of sp³-hybridized carbons (Fsp3) is 0.700. The van der Waals surface area contributed by atoms with E-state index in [0.29, 0.717) is 0 Å². The van der Waals surface area contributed by atoms with Crippen molar-refractivity contribution < 1.29 is 4.74 Å². The van der Waals surface area contributed by atoms with Crippen LogP contribution in [0.1, 0.15) is 31.5 Å². The fourth-order valence-corrected chi connectivity index (χ4v) is 4.03. The Kier molecular flexibility index (Phi) is 8.41. The molecule has 2 saturated heterocycles. The van der Waals surface area contributed by atoms with E-state index in [1.54, 1.807) is 0 Å². The Labute approximate surface area is 168 Å².